The Morgan fingerprint density at radius 2 is 1.77 bits per heavy atom. The first kappa shape index (κ1) is 29.3. The van der Waals surface area contributed by atoms with Gasteiger partial charge in [-0.05, 0) is 48.7 Å². The van der Waals surface area contributed by atoms with Crippen LogP contribution in [0.1, 0.15) is 53.7 Å². The van der Waals surface area contributed by atoms with E-state index >= 15 is 0 Å². The summed E-state index contributed by atoms with van der Waals surface area (Å²) < 4.78 is 7.32. The molecule has 1 aliphatic carbocycles. The highest BCUT2D eigenvalue weighted by Gasteiger charge is 2.29. The van der Waals surface area contributed by atoms with Crippen molar-refractivity contribution in [3.63, 3.8) is 0 Å². The Labute approximate surface area is 239 Å². The minimum absolute atomic E-state index is 0.0867. The van der Waals surface area contributed by atoms with Crippen LogP contribution in [0, 0.1) is 10.1 Å². The molecule has 10 heteroatoms. The number of amides is 2. The predicted octanol–water partition coefficient (Wildman–Crippen LogP) is 5.55. The van der Waals surface area contributed by atoms with Crippen LogP contribution in [0.3, 0.4) is 0 Å². The van der Waals surface area contributed by atoms with Crippen molar-refractivity contribution in [3.05, 3.63) is 98.8 Å². The lowest BCUT2D eigenvalue weighted by atomic mass is 9.94. The number of hydrogen-bond acceptors (Lipinski definition) is 5. The van der Waals surface area contributed by atoms with Gasteiger partial charge >= 0.3 is 0 Å². The average molecular weight is 567 g/mol. The van der Waals surface area contributed by atoms with Crippen molar-refractivity contribution in [2.24, 2.45) is 0 Å². The molecular formula is C30H35ClN4O5. The molecule has 0 unspecified atom stereocenters. The van der Waals surface area contributed by atoms with Crippen molar-refractivity contribution in [2.75, 3.05) is 26.8 Å². The standard InChI is InChI=1S/C30H35ClN4O5/c1-40-19-18-33(30(37)23-13-15-26(16-14-23)35(38)39)22-29(36)34(25-9-3-2-4-10-25)21-27-11-7-17-32(27)20-24-8-5-6-12-28(24)31/h5-8,11-17,25H,2-4,9-10,18-22H2,1H3. The van der Waals surface area contributed by atoms with Crippen LogP contribution in [0.25, 0.3) is 0 Å². The second kappa shape index (κ2) is 14.1. The second-order valence-electron chi connectivity index (χ2n) is 10.1. The molecule has 1 aliphatic rings. The first-order valence-electron chi connectivity index (χ1n) is 13.6. The maximum atomic E-state index is 13.9. The average Bonchev–Trinajstić information content (AvgIpc) is 3.41. The number of hydrogen-bond donors (Lipinski definition) is 0. The molecule has 40 heavy (non-hydrogen) atoms. The second-order valence-corrected chi connectivity index (χ2v) is 10.5. The summed E-state index contributed by atoms with van der Waals surface area (Å²) in [5, 5.41) is 11.7. The number of carbonyl (C=O) groups excluding carboxylic acids is 2. The van der Waals surface area contributed by atoms with Crippen molar-refractivity contribution in [1.82, 2.24) is 14.4 Å². The fraction of sp³-hybridized carbons (Fsp3) is 0.400. The zero-order valence-corrected chi connectivity index (χ0v) is 23.5. The summed E-state index contributed by atoms with van der Waals surface area (Å²) in [7, 11) is 1.54. The minimum Gasteiger partial charge on any atom is -0.383 e. The smallest absolute Gasteiger partial charge is 0.269 e. The Balaban J connectivity index is 1.55. The van der Waals surface area contributed by atoms with Gasteiger partial charge in [0.15, 0.2) is 0 Å². The van der Waals surface area contributed by atoms with E-state index in [1.807, 2.05) is 47.5 Å². The first-order valence-corrected chi connectivity index (χ1v) is 13.9. The van der Waals surface area contributed by atoms with Crippen molar-refractivity contribution in [1.29, 1.82) is 0 Å². The number of methoxy groups -OCH3 is 1. The molecule has 0 bridgehead atoms. The largest absolute Gasteiger partial charge is 0.383 e. The van der Waals surface area contributed by atoms with Gasteiger partial charge < -0.3 is 19.1 Å². The summed E-state index contributed by atoms with van der Waals surface area (Å²) in [6, 6.07) is 17.2. The van der Waals surface area contributed by atoms with Crippen molar-refractivity contribution in [3.8, 4) is 0 Å². The number of halogens is 1. The first-order chi connectivity index (χ1) is 19.4. The summed E-state index contributed by atoms with van der Waals surface area (Å²) in [5.41, 5.74) is 2.17. The maximum Gasteiger partial charge on any atom is 0.269 e. The lowest BCUT2D eigenvalue weighted by molar-refractivity contribution is -0.384. The summed E-state index contributed by atoms with van der Waals surface area (Å²) >= 11 is 6.42. The van der Waals surface area contributed by atoms with Crippen LogP contribution in [-0.2, 0) is 22.6 Å². The van der Waals surface area contributed by atoms with Gasteiger partial charge in [-0.3, -0.25) is 19.7 Å². The highest BCUT2D eigenvalue weighted by atomic mass is 35.5. The quantitative estimate of drug-likeness (QED) is 0.211. The van der Waals surface area contributed by atoms with Crippen LogP contribution in [0.15, 0.2) is 66.9 Å². The van der Waals surface area contributed by atoms with E-state index in [9.17, 15) is 19.7 Å². The highest BCUT2D eigenvalue weighted by Crippen LogP contribution is 2.26. The lowest BCUT2D eigenvalue weighted by Gasteiger charge is -2.36. The van der Waals surface area contributed by atoms with Gasteiger partial charge in [0, 0.05) is 60.9 Å². The van der Waals surface area contributed by atoms with Crippen LogP contribution in [0.5, 0.6) is 0 Å². The monoisotopic (exact) mass is 566 g/mol. The molecule has 9 nitrogen and oxygen atoms in total. The van der Waals surface area contributed by atoms with Gasteiger partial charge in [-0.15, -0.1) is 0 Å². The number of carbonyl (C=O) groups is 2. The maximum absolute atomic E-state index is 13.9. The van der Waals surface area contributed by atoms with Crippen molar-refractivity contribution < 1.29 is 19.2 Å². The molecule has 4 rings (SSSR count). The number of ether oxygens (including phenoxy) is 1. The third-order valence-corrected chi connectivity index (χ3v) is 7.76. The molecule has 0 saturated heterocycles. The molecule has 0 radical (unpaired) electrons. The van der Waals surface area contributed by atoms with E-state index < -0.39 is 4.92 Å². The van der Waals surface area contributed by atoms with Gasteiger partial charge in [0.05, 0.1) is 18.1 Å². The number of nitro groups is 1. The molecule has 1 heterocycles. The van der Waals surface area contributed by atoms with Crippen LogP contribution < -0.4 is 0 Å². The summed E-state index contributed by atoms with van der Waals surface area (Å²) in [4.78, 5) is 41.2. The van der Waals surface area contributed by atoms with E-state index in [1.165, 1.54) is 36.3 Å². The van der Waals surface area contributed by atoms with Gasteiger partial charge in [-0.2, -0.15) is 0 Å². The third kappa shape index (κ3) is 7.49. The zero-order valence-electron chi connectivity index (χ0n) is 22.7. The zero-order chi connectivity index (χ0) is 28.5. The molecule has 0 aliphatic heterocycles. The molecule has 3 aromatic rings. The fourth-order valence-electron chi connectivity index (χ4n) is 5.16. The number of nitro benzene ring substituents is 1. The summed E-state index contributed by atoms with van der Waals surface area (Å²) in [6.45, 7) is 1.38. The molecule has 0 spiro atoms. The Morgan fingerprint density at radius 3 is 2.45 bits per heavy atom. The fourth-order valence-corrected chi connectivity index (χ4v) is 5.36. The third-order valence-electron chi connectivity index (χ3n) is 7.39. The van der Waals surface area contributed by atoms with E-state index in [0.29, 0.717) is 18.1 Å². The van der Waals surface area contributed by atoms with E-state index in [4.69, 9.17) is 16.3 Å². The van der Waals surface area contributed by atoms with Crippen LogP contribution in [-0.4, -0.2) is 64.0 Å². The van der Waals surface area contributed by atoms with E-state index in [1.54, 1.807) is 0 Å². The Kier molecular flexibility index (Phi) is 10.3. The molecule has 2 aromatic carbocycles. The molecule has 1 fully saturated rings. The van der Waals surface area contributed by atoms with E-state index in [-0.39, 0.29) is 48.8 Å². The van der Waals surface area contributed by atoms with Gasteiger partial charge in [-0.25, -0.2) is 0 Å². The van der Waals surface area contributed by atoms with Gasteiger partial charge in [0.1, 0.15) is 6.54 Å². The number of nitrogens with zero attached hydrogens (tertiary/aromatic N) is 4. The van der Waals surface area contributed by atoms with Crippen LogP contribution in [0.4, 0.5) is 5.69 Å². The number of non-ortho nitro benzene ring substituents is 1. The van der Waals surface area contributed by atoms with E-state index in [0.717, 1.165) is 43.4 Å². The van der Waals surface area contributed by atoms with Gasteiger partial charge in [0.25, 0.3) is 11.6 Å². The van der Waals surface area contributed by atoms with Crippen LogP contribution >= 0.6 is 11.6 Å². The number of benzene rings is 2. The van der Waals surface area contributed by atoms with E-state index in [2.05, 4.69) is 4.57 Å². The van der Waals surface area contributed by atoms with Crippen LogP contribution in [0.2, 0.25) is 5.02 Å². The van der Waals surface area contributed by atoms with Gasteiger partial charge in [0.2, 0.25) is 5.91 Å². The van der Waals surface area contributed by atoms with Crippen molar-refractivity contribution in [2.45, 2.75) is 51.2 Å². The minimum atomic E-state index is -0.510. The normalized spacial score (nSPS) is 13.7. The molecule has 1 saturated carbocycles. The Hall–Kier alpha value is -3.69. The molecule has 1 aromatic heterocycles. The summed E-state index contributed by atoms with van der Waals surface area (Å²) in [5.74, 6) is -0.505. The Bertz CT molecular complexity index is 1300. The number of aromatic nitrogens is 1. The Morgan fingerprint density at radius 1 is 1.05 bits per heavy atom. The highest BCUT2D eigenvalue weighted by molar-refractivity contribution is 6.31. The molecule has 0 atom stereocenters. The SMILES string of the molecule is COCCN(CC(=O)N(Cc1cccn1Cc1ccccc1Cl)C1CCCCC1)C(=O)c1ccc([N+](=O)[O-])cc1. The molecule has 0 N–H and O–H groups in total. The summed E-state index contributed by atoms with van der Waals surface area (Å²) in [6.07, 6.45) is 7.11. The predicted molar refractivity (Wildman–Crippen MR) is 153 cm³/mol. The number of rotatable bonds is 12. The molecule has 212 valence electrons. The lowest BCUT2D eigenvalue weighted by Crippen LogP contribution is -2.48. The van der Waals surface area contributed by atoms with Gasteiger partial charge in [-0.1, -0.05) is 49.1 Å². The topological polar surface area (TPSA) is 97.9 Å². The molecular weight excluding hydrogens is 532 g/mol. The van der Waals surface area contributed by atoms with Crippen molar-refractivity contribution >= 4 is 29.1 Å². The molecule has 2 amide bonds.